The van der Waals surface area contributed by atoms with Crippen molar-refractivity contribution in [1.82, 2.24) is 0 Å². The van der Waals surface area contributed by atoms with Crippen molar-refractivity contribution in [2.24, 2.45) is 0 Å². The van der Waals surface area contributed by atoms with Gasteiger partial charge < -0.3 is 4.74 Å². The van der Waals surface area contributed by atoms with Crippen LogP contribution in [0.15, 0.2) is 18.2 Å². The van der Waals surface area contributed by atoms with Crippen molar-refractivity contribution in [2.45, 2.75) is 6.92 Å². The molecule has 1 aromatic rings. The molecule has 2 nitrogen and oxygen atoms in total. The molecule has 0 aliphatic carbocycles. The molecule has 0 fully saturated rings. The molecule has 0 heterocycles. The van der Waals surface area contributed by atoms with Crippen LogP contribution in [0, 0.1) is 12.3 Å². The van der Waals surface area contributed by atoms with Crippen LogP contribution < -0.4 is 4.74 Å². The fourth-order valence-corrected chi connectivity index (χ4v) is 1.49. The van der Waals surface area contributed by atoms with Gasteiger partial charge in [0, 0.05) is 5.56 Å². The van der Waals surface area contributed by atoms with Gasteiger partial charge in [-0.05, 0) is 25.3 Å². The van der Waals surface area contributed by atoms with E-state index in [2.05, 4.69) is 0 Å². The Labute approximate surface area is 82.8 Å². The van der Waals surface area contributed by atoms with Gasteiger partial charge in [0.2, 0.25) is 0 Å². The summed E-state index contributed by atoms with van der Waals surface area (Å²) in [6.07, 6.45) is 1.89. The van der Waals surface area contributed by atoms with Crippen molar-refractivity contribution in [2.75, 3.05) is 13.4 Å². The van der Waals surface area contributed by atoms with Crippen molar-refractivity contribution in [3.05, 3.63) is 29.3 Å². The Morgan fingerprint density at radius 3 is 2.69 bits per heavy atom. The molecule has 1 aromatic carbocycles. The van der Waals surface area contributed by atoms with Crippen LogP contribution in [-0.4, -0.2) is 18.4 Å². The third-order valence-electron chi connectivity index (χ3n) is 1.80. The first kappa shape index (κ1) is 10.1. The molecule has 0 amide bonds. The number of rotatable bonds is 2. The van der Waals surface area contributed by atoms with E-state index < -0.39 is 0 Å². The second kappa shape index (κ2) is 4.33. The van der Waals surface area contributed by atoms with E-state index in [-0.39, 0.29) is 0 Å². The predicted octanol–water partition coefficient (Wildman–Crippen LogP) is 2.69. The zero-order valence-corrected chi connectivity index (χ0v) is 8.87. The number of nitrogens with one attached hydrogen (secondary N) is 1. The molecule has 0 aliphatic heterocycles. The van der Waals surface area contributed by atoms with Gasteiger partial charge in [0.15, 0.2) is 0 Å². The minimum Gasteiger partial charge on any atom is -0.496 e. The fourth-order valence-electron chi connectivity index (χ4n) is 1.11. The average Bonchev–Trinajstić information content (AvgIpc) is 2.16. The van der Waals surface area contributed by atoms with E-state index in [1.54, 1.807) is 7.11 Å². The molecule has 0 bridgehead atoms. The molecule has 0 aliphatic rings. The van der Waals surface area contributed by atoms with Crippen LogP contribution in [0.1, 0.15) is 11.1 Å². The van der Waals surface area contributed by atoms with Crippen molar-refractivity contribution >= 4 is 16.8 Å². The number of hydrogen-bond donors (Lipinski definition) is 1. The number of methoxy groups -OCH3 is 1. The third-order valence-corrected chi connectivity index (χ3v) is 2.43. The fraction of sp³-hybridized carbons (Fsp3) is 0.300. The van der Waals surface area contributed by atoms with Crippen LogP contribution >= 0.6 is 11.8 Å². The summed E-state index contributed by atoms with van der Waals surface area (Å²) < 4.78 is 5.17. The summed E-state index contributed by atoms with van der Waals surface area (Å²) in [5.41, 5.74) is 2.02. The van der Waals surface area contributed by atoms with E-state index in [0.717, 1.165) is 16.9 Å². The highest BCUT2D eigenvalue weighted by atomic mass is 32.2. The molecule has 0 saturated heterocycles. The molecule has 3 heteroatoms. The molecule has 0 atom stereocenters. The van der Waals surface area contributed by atoms with Gasteiger partial charge in [-0.3, -0.25) is 5.41 Å². The van der Waals surface area contributed by atoms with Crippen LogP contribution in [0.4, 0.5) is 0 Å². The van der Waals surface area contributed by atoms with Crippen LogP contribution in [0.2, 0.25) is 0 Å². The molecule has 1 N–H and O–H groups in total. The van der Waals surface area contributed by atoms with Crippen molar-refractivity contribution in [1.29, 1.82) is 5.41 Å². The van der Waals surface area contributed by atoms with E-state index in [0.29, 0.717) is 5.04 Å². The topological polar surface area (TPSA) is 33.1 Å². The monoisotopic (exact) mass is 195 g/mol. The van der Waals surface area contributed by atoms with Gasteiger partial charge in [0.05, 0.1) is 12.2 Å². The van der Waals surface area contributed by atoms with E-state index in [4.69, 9.17) is 10.1 Å². The smallest absolute Gasteiger partial charge is 0.128 e. The lowest BCUT2D eigenvalue weighted by atomic mass is 10.1. The van der Waals surface area contributed by atoms with Gasteiger partial charge in [-0.15, -0.1) is 11.8 Å². The molecule has 0 radical (unpaired) electrons. The molecular formula is C10H13NOS. The first-order valence-corrected chi connectivity index (χ1v) is 5.19. The Balaban J connectivity index is 3.15. The summed E-state index contributed by atoms with van der Waals surface area (Å²) >= 11 is 1.42. The Kier molecular flexibility index (Phi) is 3.37. The summed E-state index contributed by atoms with van der Waals surface area (Å²) in [6, 6.07) is 5.85. The molecule has 13 heavy (non-hydrogen) atoms. The van der Waals surface area contributed by atoms with E-state index >= 15 is 0 Å². The molecular weight excluding hydrogens is 182 g/mol. The zero-order valence-electron chi connectivity index (χ0n) is 8.05. The first-order valence-electron chi connectivity index (χ1n) is 3.96. The highest BCUT2D eigenvalue weighted by Crippen LogP contribution is 2.23. The lowest BCUT2D eigenvalue weighted by molar-refractivity contribution is 0.414. The van der Waals surface area contributed by atoms with Gasteiger partial charge in [0.25, 0.3) is 0 Å². The van der Waals surface area contributed by atoms with Crippen molar-refractivity contribution in [3.63, 3.8) is 0 Å². The van der Waals surface area contributed by atoms with Crippen LogP contribution in [0.25, 0.3) is 0 Å². The molecule has 0 spiro atoms. The molecule has 70 valence electrons. The number of hydrogen-bond acceptors (Lipinski definition) is 3. The van der Waals surface area contributed by atoms with E-state index in [1.165, 1.54) is 11.8 Å². The summed E-state index contributed by atoms with van der Waals surface area (Å²) in [7, 11) is 1.63. The van der Waals surface area contributed by atoms with Gasteiger partial charge in [-0.1, -0.05) is 11.6 Å². The second-order valence-electron chi connectivity index (χ2n) is 2.74. The summed E-state index contributed by atoms with van der Waals surface area (Å²) in [4.78, 5) is 0. The maximum atomic E-state index is 7.70. The SMILES string of the molecule is COc1ccc(C)cc1C(=N)SC. The summed E-state index contributed by atoms with van der Waals surface area (Å²) in [5.74, 6) is 0.768. The maximum Gasteiger partial charge on any atom is 0.128 e. The number of ether oxygens (including phenoxy) is 1. The normalized spacial score (nSPS) is 9.77. The van der Waals surface area contributed by atoms with E-state index in [1.807, 2.05) is 31.4 Å². The van der Waals surface area contributed by atoms with Gasteiger partial charge in [0.1, 0.15) is 5.75 Å². The highest BCUT2D eigenvalue weighted by Gasteiger charge is 2.07. The first-order chi connectivity index (χ1) is 6.19. The second-order valence-corrected chi connectivity index (χ2v) is 3.55. The minimum absolute atomic E-state index is 0.542. The van der Waals surface area contributed by atoms with Crippen LogP contribution in [-0.2, 0) is 0 Å². The van der Waals surface area contributed by atoms with Crippen LogP contribution in [0.3, 0.4) is 0 Å². The number of aryl methyl sites for hydroxylation is 1. The van der Waals surface area contributed by atoms with E-state index in [9.17, 15) is 0 Å². The number of benzene rings is 1. The maximum absolute atomic E-state index is 7.70. The number of thioether (sulfide) groups is 1. The molecule has 1 rings (SSSR count). The highest BCUT2D eigenvalue weighted by molar-refractivity contribution is 8.13. The third kappa shape index (κ3) is 2.25. The standard InChI is InChI=1S/C10H13NOS/c1-7-4-5-9(12-2)8(6-7)10(11)13-3/h4-6,11H,1-3H3. The summed E-state index contributed by atoms with van der Waals surface area (Å²) in [5, 5.41) is 8.24. The lowest BCUT2D eigenvalue weighted by Gasteiger charge is -2.08. The van der Waals surface area contributed by atoms with Gasteiger partial charge in [-0.25, -0.2) is 0 Å². The van der Waals surface area contributed by atoms with Crippen molar-refractivity contribution in [3.8, 4) is 5.75 Å². The average molecular weight is 195 g/mol. The largest absolute Gasteiger partial charge is 0.496 e. The molecule has 0 aromatic heterocycles. The quantitative estimate of drug-likeness (QED) is 0.581. The van der Waals surface area contributed by atoms with Crippen LogP contribution in [0.5, 0.6) is 5.75 Å². The van der Waals surface area contributed by atoms with Gasteiger partial charge in [-0.2, -0.15) is 0 Å². The summed E-state index contributed by atoms with van der Waals surface area (Å²) in [6.45, 7) is 2.01. The minimum atomic E-state index is 0.542. The molecule has 0 saturated carbocycles. The van der Waals surface area contributed by atoms with Gasteiger partial charge >= 0.3 is 0 Å². The van der Waals surface area contributed by atoms with Crippen molar-refractivity contribution < 1.29 is 4.74 Å². The Bertz CT molecular complexity index is 323. The zero-order chi connectivity index (χ0) is 9.84. The Morgan fingerprint density at radius 2 is 2.15 bits per heavy atom. The Morgan fingerprint density at radius 1 is 1.46 bits per heavy atom. The predicted molar refractivity (Wildman–Crippen MR) is 58.1 cm³/mol. The molecule has 0 unspecified atom stereocenters. The lowest BCUT2D eigenvalue weighted by Crippen LogP contribution is -1.97. The Hall–Kier alpha value is -0.960.